The molecule has 0 saturated heterocycles. The molecule has 0 aliphatic heterocycles. The van der Waals surface area contributed by atoms with Crippen LogP contribution in [0.25, 0.3) is 22.6 Å². The normalized spacial score (nSPS) is 24.5. The number of carbonyl (C=O) groups excluding carboxylic acids is 1. The number of rotatable bonds is 5. The number of aromatic amines is 1. The number of primary amides is 1. The van der Waals surface area contributed by atoms with E-state index in [1.165, 1.54) is 0 Å². The lowest BCUT2D eigenvalue weighted by Gasteiger charge is -2.28. The van der Waals surface area contributed by atoms with Gasteiger partial charge in [-0.3, -0.25) is 4.79 Å². The van der Waals surface area contributed by atoms with Crippen molar-refractivity contribution in [3.63, 3.8) is 0 Å². The van der Waals surface area contributed by atoms with E-state index in [0.29, 0.717) is 22.2 Å². The highest BCUT2D eigenvalue weighted by Crippen LogP contribution is 2.46. The van der Waals surface area contributed by atoms with Crippen LogP contribution in [0, 0.1) is 17.8 Å². The van der Waals surface area contributed by atoms with Gasteiger partial charge in [0.2, 0.25) is 5.91 Å². The van der Waals surface area contributed by atoms with Crippen molar-refractivity contribution in [2.75, 3.05) is 24.3 Å². The minimum absolute atomic E-state index is 0.0931. The van der Waals surface area contributed by atoms with Crippen molar-refractivity contribution in [1.82, 2.24) is 15.0 Å². The molecular formula is C22H23ClN6O. The number of carbonyl (C=O) groups is 1. The topological polar surface area (TPSA) is 99.9 Å². The van der Waals surface area contributed by atoms with Crippen LogP contribution in [0.5, 0.6) is 0 Å². The van der Waals surface area contributed by atoms with E-state index in [4.69, 9.17) is 17.3 Å². The molecule has 2 aliphatic rings. The van der Waals surface area contributed by atoms with Gasteiger partial charge >= 0.3 is 0 Å². The average Bonchev–Trinajstić information content (AvgIpc) is 3.44. The molecule has 5 rings (SSSR count). The molecule has 0 unspecified atom stereocenters. The number of halogens is 1. The molecule has 1 saturated carbocycles. The number of amides is 1. The molecule has 0 radical (unpaired) electrons. The first kappa shape index (κ1) is 18.9. The van der Waals surface area contributed by atoms with Gasteiger partial charge in [0.15, 0.2) is 5.65 Å². The van der Waals surface area contributed by atoms with Crippen LogP contribution >= 0.6 is 11.6 Å². The van der Waals surface area contributed by atoms with Crippen molar-refractivity contribution < 1.29 is 4.79 Å². The number of benzene rings is 1. The van der Waals surface area contributed by atoms with Crippen LogP contribution < -0.4 is 16.0 Å². The van der Waals surface area contributed by atoms with Crippen molar-refractivity contribution in [3.05, 3.63) is 47.6 Å². The maximum atomic E-state index is 12.1. The molecule has 0 spiro atoms. The van der Waals surface area contributed by atoms with Gasteiger partial charge in [0.1, 0.15) is 11.3 Å². The molecule has 2 aliphatic carbocycles. The van der Waals surface area contributed by atoms with E-state index in [1.807, 2.05) is 37.2 Å². The molecule has 2 aromatic heterocycles. The van der Waals surface area contributed by atoms with Gasteiger partial charge in [0.05, 0.1) is 22.8 Å². The number of hydrogen-bond acceptors (Lipinski definition) is 5. The van der Waals surface area contributed by atoms with Crippen LogP contribution in [0.4, 0.5) is 11.4 Å². The molecule has 4 N–H and O–H groups in total. The highest BCUT2D eigenvalue weighted by Gasteiger charge is 2.47. The van der Waals surface area contributed by atoms with Crippen molar-refractivity contribution in [2.24, 2.45) is 23.5 Å². The van der Waals surface area contributed by atoms with E-state index in [9.17, 15) is 4.79 Å². The number of nitrogens with zero attached hydrogens (tertiary/aromatic N) is 3. The fourth-order valence-electron chi connectivity index (χ4n) is 4.72. The first-order valence-electron chi connectivity index (χ1n) is 9.98. The quantitative estimate of drug-likeness (QED) is 0.547. The Bertz CT molecular complexity index is 1170. The highest BCUT2D eigenvalue weighted by atomic mass is 35.5. The van der Waals surface area contributed by atoms with Crippen LogP contribution in [0.3, 0.4) is 0 Å². The minimum atomic E-state index is -0.281. The smallest absolute Gasteiger partial charge is 0.223 e. The molecule has 2 heterocycles. The number of nitrogens with two attached hydrogens (primary N) is 1. The summed E-state index contributed by atoms with van der Waals surface area (Å²) in [5.41, 5.74) is 9.76. The highest BCUT2D eigenvalue weighted by molar-refractivity contribution is 6.34. The van der Waals surface area contributed by atoms with Crippen LogP contribution in [0.1, 0.15) is 6.42 Å². The first-order chi connectivity index (χ1) is 14.4. The van der Waals surface area contributed by atoms with Gasteiger partial charge in [-0.05, 0) is 30.4 Å². The number of imidazole rings is 1. The minimum Gasteiger partial charge on any atom is -0.378 e. The Kier molecular flexibility index (Phi) is 4.43. The molecule has 3 aromatic rings. The molecule has 7 nitrogen and oxygen atoms in total. The van der Waals surface area contributed by atoms with E-state index in [2.05, 4.69) is 38.5 Å². The van der Waals surface area contributed by atoms with Crippen molar-refractivity contribution in [2.45, 2.75) is 12.5 Å². The van der Waals surface area contributed by atoms with Crippen LogP contribution in [-0.4, -0.2) is 41.0 Å². The number of fused-ring (bicyclic) bond motifs is 3. The standard InChI is InChI=1S/C22H23ClN6O/c1-29(2)14-5-3-4-13(9-14)21-27-19-18(15(23)10-25-22(19)28-21)26-17-12-7-6-11(8-12)16(17)20(24)30/h3-7,9-12,16-17H,8H2,1-2H3,(H2,24,30)(H2,25,26,27,28)/t11-,12-,16+,17-/m1/s1. The molecule has 1 fully saturated rings. The number of aromatic nitrogens is 3. The number of anilines is 2. The summed E-state index contributed by atoms with van der Waals surface area (Å²) in [6.07, 6.45) is 6.80. The second kappa shape index (κ2) is 7.02. The fraction of sp³-hybridized carbons (Fsp3) is 0.318. The Morgan fingerprint density at radius 1 is 1.30 bits per heavy atom. The van der Waals surface area contributed by atoms with Crippen molar-refractivity contribution in [1.29, 1.82) is 0 Å². The van der Waals surface area contributed by atoms with Gasteiger partial charge in [0, 0.05) is 31.4 Å². The molecule has 154 valence electrons. The van der Waals surface area contributed by atoms with E-state index in [0.717, 1.165) is 23.2 Å². The molecule has 8 heteroatoms. The predicted molar refractivity (Wildman–Crippen MR) is 119 cm³/mol. The van der Waals surface area contributed by atoms with Gasteiger partial charge in [0.25, 0.3) is 0 Å². The third-order valence-corrected chi connectivity index (χ3v) is 6.50. The Balaban J connectivity index is 1.55. The Morgan fingerprint density at radius 2 is 2.10 bits per heavy atom. The number of pyridine rings is 1. The molecule has 4 atom stereocenters. The van der Waals surface area contributed by atoms with Crippen LogP contribution in [0.2, 0.25) is 5.02 Å². The summed E-state index contributed by atoms with van der Waals surface area (Å²) >= 11 is 6.52. The summed E-state index contributed by atoms with van der Waals surface area (Å²) < 4.78 is 0. The maximum Gasteiger partial charge on any atom is 0.223 e. The van der Waals surface area contributed by atoms with Crippen LogP contribution in [0.15, 0.2) is 42.6 Å². The second-order valence-corrected chi connectivity index (χ2v) is 8.66. The Morgan fingerprint density at radius 3 is 2.87 bits per heavy atom. The predicted octanol–water partition coefficient (Wildman–Crippen LogP) is 3.43. The van der Waals surface area contributed by atoms with E-state index in [1.54, 1.807) is 6.20 Å². The number of hydrogen-bond donors (Lipinski definition) is 3. The second-order valence-electron chi connectivity index (χ2n) is 8.26. The number of allylic oxidation sites excluding steroid dienone is 1. The molecule has 2 bridgehead atoms. The third kappa shape index (κ3) is 3.01. The molecule has 1 amide bonds. The lowest BCUT2D eigenvalue weighted by Crippen LogP contribution is -2.41. The monoisotopic (exact) mass is 422 g/mol. The van der Waals surface area contributed by atoms with E-state index >= 15 is 0 Å². The summed E-state index contributed by atoms with van der Waals surface area (Å²) in [5.74, 6) is 0.624. The zero-order valence-electron chi connectivity index (χ0n) is 16.8. The summed E-state index contributed by atoms with van der Waals surface area (Å²) in [6.45, 7) is 0. The van der Waals surface area contributed by atoms with Gasteiger partial charge < -0.3 is 20.9 Å². The Hall–Kier alpha value is -3.06. The van der Waals surface area contributed by atoms with E-state index in [-0.39, 0.29) is 29.7 Å². The molecule has 30 heavy (non-hydrogen) atoms. The summed E-state index contributed by atoms with van der Waals surface area (Å²) in [4.78, 5) is 26.6. The van der Waals surface area contributed by atoms with Gasteiger partial charge in [-0.25, -0.2) is 9.97 Å². The third-order valence-electron chi connectivity index (χ3n) is 6.21. The first-order valence-corrected chi connectivity index (χ1v) is 10.4. The van der Waals surface area contributed by atoms with Crippen LogP contribution in [-0.2, 0) is 4.79 Å². The van der Waals surface area contributed by atoms with E-state index < -0.39 is 0 Å². The fourth-order valence-corrected chi connectivity index (χ4v) is 4.91. The zero-order chi connectivity index (χ0) is 21.0. The number of nitrogens with one attached hydrogen (secondary N) is 2. The maximum absolute atomic E-state index is 12.1. The SMILES string of the molecule is CN(C)c1cccc(-c2nc3ncc(Cl)c(N[C@H]4[C@@H](C(N)=O)[C@@H]5C=C[C@@H]4C5)c3[nH]2)c1. The zero-order valence-corrected chi connectivity index (χ0v) is 17.5. The van der Waals surface area contributed by atoms with Gasteiger partial charge in [-0.2, -0.15) is 0 Å². The Labute approximate surface area is 179 Å². The van der Waals surface area contributed by atoms with Gasteiger partial charge in [-0.15, -0.1) is 0 Å². The molecule has 1 aromatic carbocycles. The van der Waals surface area contributed by atoms with Gasteiger partial charge in [-0.1, -0.05) is 35.9 Å². The summed E-state index contributed by atoms with van der Waals surface area (Å²) in [6, 6.07) is 8.01. The largest absolute Gasteiger partial charge is 0.378 e. The average molecular weight is 423 g/mol. The van der Waals surface area contributed by atoms with Crippen molar-refractivity contribution >= 4 is 40.0 Å². The summed E-state index contributed by atoms with van der Waals surface area (Å²) in [7, 11) is 4.00. The lowest BCUT2D eigenvalue weighted by atomic mass is 9.88. The summed E-state index contributed by atoms with van der Waals surface area (Å²) in [5, 5.41) is 3.99. The lowest BCUT2D eigenvalue weighted by molar-refractivity contribution is -0.122. The molecular weight excluding hydrogens is 400 g/mol. The van der Waals surface area contributed by atoms with Crippen molar-refractivity contribution in [3.8, 4) is 11.4 Å². The number of H-pyrrole nitrogens is 1.